The Kier molecular flexibility index (Phi) is 4.93. The smallest absolute Gasteiger partial charge is 0.289 e. The second-order valence-corrected chi connectivity index (χ2v) is 5.84. The van der Waals surface area contributed by atoms with Gasteiger partial charge in [-0.25, -0.2) is 0 Å². The molecule has 0 bridgehead atoms. The van der Waals surface area contributed by atoms with Gasteiger partial charge in [-0.2, -0.15) is 0 Å². The lowest BCUT2D eigenvalue weighted by Gasteiger charge is -2.33. The Balaban J connectivity index is 1.48. The maximum absolute atomic E-state index is 12.4. The first-order chi connectivity index (χ1) is 11.2. The average molecular weight is 310 g/mol. The van der Waals surface area contributed by atoms with Gasteiger partial charge in [-0.3, -0.25) is 9.69 Å². The van der Waals surface area contributed by atoms with Crippen molar-refractivity contribution < 1.29 is 9.21 Å². The minimum Gasteiger partial charge on any atom is -0.459 e. The van der Waals surface area contributed by atoms with Gasteiger partial charge >= 0.3 is 0 Å². The quantitative estimate of drug-likeness (QED) is 0.871. The van der Waals surface area contributed by atoms with Crippen LogP contribution in [-0.2, 0) is 0 Å². The highest BCUT2D eigenvalue weighted by Crippen LogP contribution is 2.14. The summed E-state index contributed by atoms with van der Waals surface area (Å²) in [6, 6.07) is 12.1. The Bertz CT molecular complexity index is 668. The third kappa shape index (κ3) is 3.90. The summed E-state index contributed by atoms with van der Waals surface area (Å²) in [5, 5.41) is 0. The van der Waals surface area contributed by atoms with E-state index in [1.54, 1.807) is 6.26 Å². The zero-order valence-electron chi connectivity index (χ0n) is 13.4. The van der Waals surface area contributed by atoms with Gasteiger partial charge in [0.05, 0.1) is 6.26 Å². The zero-order valence-corrected chi connectivity index (χ0v) is 13.4. The molecule has 2 heterocycles. The summed E-state index contributed by atoms with van der Waals surface area (Å²) in [6.45, 7) is 6.10. The number of hydrogen-bond acceptors (Lipinski definition) is 3. The lowest BCUT2D eigenvalue weighted by atomic mass is 10.2. The number of carbonyl (C=O) groups is 1. The van der Waals surface area contributed by atoms with E-state index >= 15 is 0 Å². The molecular formula is C19H22N2O2. The normalized spacial score (nSPS) is 16.1. The standard InChI is InChI=1S/C19H22N2O2/c1-16-9-15-23-18(16)19(22)21-13-11-20(12-14-21)10-5-8-17-6-3-2-4-7-17/h2-9,15H,10-14H2,1H3/b8-5+. The molecule has 4 heteroatoms. The van der Waals surface area contributed by atoms with Gasteiger partial charge in [0.25, 0.3) is 5.91 Å². The van der Waals surface area contributed by atoms with Crippen LogP contribution in [0.4, 0.5) is 0 Å². The lowest BCUT2D eigenvalue weighted by Crippen LogP contribution is -2.48. The molecule has 0 unspecified atom stereocenters. The summed E-state index contributed by atoms with van der Waals surface area (Å²) in [5.41, 5.74) is 2.12. The monoisotopic (exact) mass is 310 g/mol. The molecule has 0 spiro atoms. The summed E-state index contributed by atoms with van der Waals surface area (Å²) >= 11 is 0. The number of rotatable bonds is 4. The van der Waals surface area contributed by atoms with Crippen LogP contribution < -0.4 is 0 Å². The van der Waals surface area contributed by atoms with E-state index in [4.69, 9.17) is 4.42 Å². The predicted octanol–water partition coefficient (Wildman–Crippen LogP) is 3.06. The highest BCUT2D eigenvalue weighted by atomic mass is 16.3. The molecule has 1 aromatic heterocycles. The van der Waals surface area contributed by atoms with E-state index in [-0.39, 0.29) is 5.91 Å². The molecule has 1 aliphatic rings. The van der Waals surface area contributed by atoms with Crippen LogP contribution in [0.15, 0.2) is 53.2 Å². The fourth-order valence-electron chi connectivity index (χ4n) is 2.77. The van der Waals surface area contributed by atoms with Gasteiger partial charge in [0, 0.05) is 38.3 Å². The largest absolute Gasteiger partial charge is 0.459 e. The van der Waals surface area contributed by atoms with Gasteiger partial charge < -0.3 is 9.32 Å². The van der Waals surface area contributed by atoms with Gasteiger partial charge in [-0.15, -0.1) is 0 Å². The predicted molar refractivity (Wildman–Crippen MR) is 91.3 cm³/mol. The molecule has 23 heavy (non-hydrogen) atoms. The fraction of sp³-hybridized carbons (Fsp3) is 0.316. The number of amides is 1. The molecule has 1 saturated heterocycles. The Morgan fingerprint density at radius 1 is 1.13 bits per heavy atom. The van der Waals surface area contributed by atoms with Crippen LogP contribution in [0.3, 0.4) is 0 Å². The first kappa shape index (κ1) is 15.6. The van der Waals surface area contributed by atoms with Crippen molar-refractivity contribution in [2.45, 2.75) is 6.92 Å². The number of furan rings is 1. The Labute approximate surface area is 137 Å². The number of carbonyl (C=O) groups excluding carboxylic acids is 1. The lowest BCUT2D eigenvalue weighted by molar-refractivity contribution is 0.0618. The van der Waals surface area contributed by atoms with E-state index in [0.29, 0.717) is 5.76 Å². The van der Waals surface area contributed by atoms with Crippen LogP contribution in [0, 0.1) is 6.92 Å². The van der Waals surface area contributed by atoms with E-state index < -0.39 is 0 Å². The van der Waals surface area contributed by atoms with Crippen LogP contribution in [0.25, 0.3) is 6.08 Å². The van der Waals surface area contributed by atoms with Crippen molar-refractivity contribution in [1.29, 1.82) is 0 Å². The van der Waals surface area contributed by atoms with Crippen LogP contribution in [0.2, 0.25) is 0 Å². The molecule has 0 atom stereocenters. The highest BCUT2D eigenvalue weighted by Gasteiger charge is 2.24. The molecule has 2 aromatic rings. The molecule has 0 saturated carbocycles. The molecule has 1 aliphatic heterocycles. The van der Waals surface area contributed by atoms with Crippen LogP contribution in [0.1, 0.15) is 21.7 Å². The van der Waals surface area contributed by atoms with Crippen molar-refractivity contribution >= 4 is 12.0 Å². The van der Waals surface area contributed by atoms with Gasteiger partial charge in [0.15, 0.2) is 5.76 Å². The zero-order chi connectivity index (χ0) is 16.1. The Hall–Kier alpha value is -2.33. The fourth-order valence-corrected chi connectivity index (χ4v) is 2.77. The number of aryl methyl sites for hydroxylation is 1. The Morgan fingerprint density at radius 3 is 2.52 bits per heavy atom. The molecule has 0 aliphatic carbocycles. The van der Waals surface area contributed by atoms with E-state index in [0.717, 1.165) is 38.3 Å². The maximum Gasteiger partial charge on any atom is 0.289 e. The topological polar surface area (TPSA) is 36.7 Å². The van der Waals surface area contributed by atoms with E-state index in [1.165, 1.54) is 5.56 Å². The van der Waals surface area contributed by atoms with Crippen molar-refractivity contribution in [2.24, 2.45) is 0 Å². The SMILES string of the molecule is Cc1ccoc1C(=O)N1CCN(C/C=C/c2ccccc2)CC1. The maximum atomic E-state index is 12.4. The molecular weight excluding hydrogens is 288 g/mol. The van der Waals surface area contributed by atoms with Crippen LogP contribution in [0.5, 0.6) is 0 Å². The minimum absolute atomic E-state index is 0.00646. The molecule has 4 nitrogen and oxygen atoms in total. The minimum atomic E-state index is 0.00646. The summed E-state index contributed by atoms with van der Waals surface area (Å²) in [4.78, 5) is 16.6. The summed E-state index contributed by atoms with van der Waals surface area (Å²) in [6.07, 6.45) is 5.90. The first-order valence-electron chi connectivity index (χ1n) is 8.01. The highest BCUT2D eigenvalue weighted by molar-refractivity contribution is 5.92. The number of piperazine rings is 1. The molecule has 0 N–H and O–H groups in total. The number of benzene rings is 1. The Morgan fingerprint density at radius 2 is 1.87 bits per heavy atom. The molecule has 120 valence electrons. The third-order valence-corrected chi connectivity index (χ3v) is 4.19. The summed E-state index contributed by atoms with van der Waals surface area (Å²) < 4.78 is 5.30. The van der Waals surface area contributed by atoms with E-state index in [1.807, 2.05) is 36.1 Å². The van der Waals surface area contributed by atoms with Gasteiger partial charge in [-0.1, -0.05) is 42.5 Å². The molecule has 1 aromatic carbocycles. The van der Waals surface area contributed by atoms with E-state index in [2.05, 4.69) is 29.2 Å². The van der Waals surface area contributed by atoms with Crippen molar-refractivity contribution in [3.63, 3.8) is 0 Å². The second-order valence-electron chi connectivity index (χ2n) is 5.84. The average Bonchev–Trinajstić information content (AvgIpc) is 3.02. The third-order valence-electron chi connectivity index (χ3n) is 4.19. The van der Waals surface area contributed by atoms with Crippen LogP contribution >= 0.6 is 0 Å². The molecule has 1 fully saturated rings. The molecule has 3 rings (SSSR count). The van der Waals surface area contributed by atoms with Crippen molar-refractivity contribution in [2.75, 3.05) is 32.7 Å². The van der Waals surface area contributed by atoms with Crippen molar-refractivity contribution in [1.82, 2.24) is 9.80 Å². The number of hydrogen-bond donors (Lipinski definition) is 0. The van der Waals surface area contributed by atoms with Gasteiger partial charge in [0.1, 0.15) is 0 Å². The second kappa shape index (κ2) is 7.29. The van der Waals surface area contributed by atoms with Gasteiger partial charge in [-0.05, 0) is 18.6 Å². The molecule has 1 amide bonds. The first-order valence-corrected chi connectivity index (χ1v) is 8.01. The number of nitrogens with zero attached hydrogens (tertiary/aromatic N) is 2. The van der Waals surface area contributed by atoms with Crippen LogP contribution in [-0.4, -0.2) is 48.4 Å². The molecule has 0 radical (unpaired) electrons. The summed E-state index contributed by atoms with van der Waals surface area (Å²) in [5.74, 6) is 0.481. The van der Waals surface area contributed by atoms with Crippen molar-refractivity contribution in [3.8, 4) is 0 Å². The summed E-state index contributed by atoms with van der Waals surface area (Å²) in [7, 11) is 0. The van der Waals surface area contributed by atoms with Crippen molar-refractivity contribution in [3.05, 3.63) is 65.6 Å². The van der Waals surface area contributed by atoms with E-state index in [9.17, 15) is 4.79 Å². The van der Waals surface area contributed by atoms with Gasteiger partial charge in [0.2, 0.25) is 0 Å².